The summed E-state index contributed by atoms with van der Waals surface area (Å²) in [5.74, 6) is -0.396. The van der Waals surface area contributed by atoms with Gasteiger partial charge in [0.2, 0.25) is 0 Å². The van der Waals surface area contributed by atoms with Gasteiger partial charge < -0.3 is 5.11 Å². The Bertz CT molecular complexity index is 447. The van der Waals surface area contributed by atoms with Crippen LogP contribution < -0.4 is 0 Å². The van der Waals surface area contributed by atoms with Crippen LogP contribution in [0.5, 0.6) is 0 Å². The number of rotatable bonds is 3. The van der Waals surface area contributed by atoms with Crippen LogP contribution in [0.2, 0.25) is 0 Å². The Hall–Kier alpha value is -0.980. The fourth-order valence-electron chi connectivity index (χ4n) is 1.09. The summed E-state index contributed by atoms with van der Waals surface area (Å²) >= 11 is 2.68. The second-order valence-corrected chi connectivity index (χ2v) is 4.80. The molecule has 0 saturated heterocycles. The number of aliphatic hydroxyl groups excluding tert-OH is 1. The fraction of sp³-hybridized carbons (Fsp3) is 0.111. The van der Waals surface area contributed by atoms with E-state index in [-0.39, 0.29) is 6.61 Å². The van der Waals surface area contributed by atoms with Gasteiger partial charge in [0.05, 0.1) is 6.61 Å². The molecule has 1 N–H and O–H groups in total. The Kier molecular flexibility index (Phi) is 3.30. The normalized spacial score (nSPS) is 10.5. The summed E-state index contributed by atoms with van der Waals surface area (Å²) in [6.07, 6.45) is 0. The maximum absolute atomic E-state index is 13.3. The molecule has 0 bridgehead atoms. The van der Waals surface area contributed by atoms with Gasteiger partial charge in [0.1, 0.15) is 11.3 Å². The standard InChI is InChI=1S/C9H7FN2OS2/c10-7-2-1-3-8(6(7)4-13)15-9-12-11-5-14-9/h1-3,5,13H,4H2. The monoisotopic (exact) mass is 242 g/mol. The van der Waals surface area contributed by atoms with Crippen molar-refractivity contribution in [3.8, 4) is 0 Å². The molecule has 15 heavy (non-hydrogen) atoms. The van der Waals surface area contributed by atoms with Gasteiger partial charge in [-0.15, -0.1) is 10.2 Å². The van der Waals surface area contributed by atoms with Crippen LogP contribution in [0.25, 0.3) is 0 Å². The first kappa shape index (κ1) is 10.5. The van der Waals surface area contributed by atoms with Crippen LogP contribution in [0, 0.1) is 5.82 Å². The quantitative estimate of drug-likeness (QED) is 0.897. The van der Waals surface area contributed by atoms with E-state index in [1.54, 1.807) is 17.6 Å². The van der Waals surface area contributed by atoms with Gasteiger partial charge >= 0.3 is 0 Å². The van der Waals surface area contributed by atoms with E-state index in [1.165, 1.54) is 29.2 Å². The molecule has 0 fully saturated rings. The van der Waals surface area contributed by atoms with Crippen molar-refractivity contribution in [1.82, 2.24) is 10.2 Å². The molecule has 2 rings (SSSR count). The van der Waals surface area contributed by atoms with Gasteiger partial charge in [0.25, 0.3) is 0 Å². The molecular weight excluding hydrogens is 235 g/mol. The van der Waals surface area contributed by atoms with Crippen LogP contribution >= 0.6 is 23.1 Å². The first-order valence-corrected chi connectivity index (χ1v) is 5.83. The lowest BCUT2D eigenvalue weighted by Gasteiger charge is -2.05. The van der Waals surface area contributed by atoms with E-state index in [2.05, 4.69) is 10.2 Å². The summed E-state index contributed by atoms with van der Waals surface area (Å²) in [6, 6.07) is 4.69. The molecule has 0 atom stereocenters. The lowest BCUT2D eigenvalue weighted by atomic mass is 10.2. The van der Waals surface area contributed by atoms with E-state index >= 15 is 0 Å². The molecule has 2 aromatic rings. The first-order chi connectivity index (χ1) is 7.31. The van der Waals surface area contributed by atoms with Gasteiger partial charge in [-0.25, -0.2) is 4.39 Å². The Morgan fingerprint density at radius 3 is 3.00 bits per heavy atom. The first-order valence-electron chi connectivity index (χ1n) is 4.13. The summed E-state index contributed by atoms with van der Waals surface area (Å²) in [4.78, 5) is 0.675. The van der Waals surface area contributed by atoms with Crippen LogP contribution in [0.1, 0.15) is 5.56 Å². The van der Waals surface area contributed by atoms with Crippen molar-refractivity contribution < 1.29 is 9.50 Å². The fourth-order valence-corrected chi connectivity index (χ4v) is 2.67. The van der Waals surface area contributed by atoms with E-state index in [9.17, 15) is 4.39 Å². The lowest BCUT2D eigenvalue weighted by molar-refractivity contribution is 0.272. The molecule has 78 valence electrons. The van der Waals surface area contributed by atoms with Crippen LogP contribution in [-0.4, -0.2) is 15.3 Å². The summed E-state index contributed by atoms with van der Waals surface area (Å²) in [5, 5.41) is 16.6. The third kappa shape index (κ3) is 2.34. The molecule has 0 amide bonds. The Balaban J connectivity index is 2.32. The van der Waals surface area contributed by atoms with Crippen molar-refractivity contribution in [2.75, 3.05) is 0 Å². The SMILES string of the molecule is OCc1c(F)cccc1Sc1nncs1. The molecule has 0 unspecified atom stereocenters. The molecule has 0 aliphatic rings. The van der Waals surface area contributed by atoms with Gasteiger partial charge in [-0.3, -0.25) is 0 Å². The number of aliphatic hydroxyl groups is 1. The van der Waals surface area contributed by atoms with Crippen molar-refractivity contribution in [1.29, 1.82) is 0 Å². The van der Waals surface area contributed by atoms with E-state index in [0.29, 0.717) is 10.5 Å². The highest BCUT2D eigenvalue weighted by Crippen LogP contribution is 2.32. The van der Waals surface area contributed by atoms with Crippen molar-refractivity contribution in [3.63, 3.8) is 0 Å². The maximum Gasteiger partial charge on any atom is 0.178 e. The molecule has 1 aromatic carbocycles. The minimum atomic E-state index is -0.396. The summed E-state index contributed by atoms with van der Waals surface area (Å²) < 4.78 is 14.0. The number of aromatic nitrogens is 2. The van der Waals surface area contributed by atoms with E-state index in [0.717, 1.165) is 4.34 Å². The third-order valence-corrected chi connectivity index (χ3v) is 3.65. The zero-order chi connectivity index (χ0) is 10.7. The smallest absolute Gasteiger partial charge is 0.178 e. The summed E-state index contributed by atoms with van der Waals surface area (Å²) in [7, 11) is 0. The van der Waals surface area contributed by atoms with Crippen molar-refractivity contribution >= 4 is 23.1 Å². The third-order valence-electron chi connectivity index (χ3n) is 1.77. The second kappa shape index (κ2) is 4.69. The number of halogens is 1. The average Bonchev–Trinajstić information content (AvgIpc) is 2.71. The van der Waals surface area contributed by atoms with Crippen molar-refractivity contribution in [2.45, 2.75) is 15.8 Å². The predicted molar refractivity (Wildman–Crippen MR) is 56.4 cm³/mol. The molecule has 0 aliphatic heterocycles. The zero-order valence-corrected chi connectivity index (χ0v) is 9.19. The average molecular weight is 242 g/mol. The largest absolute Gasteiger partial charge is 0.392 e. The minimum absolute atomic E-state index is 0.303. The topological polar surface area (TPSA) is 46.0 Å². The van der Waals surface area contributed by atoms with Gasteiger partial charge in [-0.05, 0) is 12.1 Å². The highest BCUT2D eigenvalue weighted by molar-refractivity contribution is 8.01. The molecule has 6 heteroatoms. The van der Waals surface area contributed by atoms with Gasteiger partial charge in [0, 0.05) is 10.5 Å². The summed E-state index contributed by atoms with van der Waals surface area (Å²) in [5.41, 5.74) is 1.91. The van der Waals surface area contributed by atoms with Crippen LogP contribution in [0.3, 0.4) is 0 Å². The molecule has 0 aliphatic carbocycles. The maximum atomic E-state index is 13.3. The number of hydrogen-bond acceptors (Lipinski definition) is 5. The number of nitrogens with zero attached hydrogens (tertiary/aromatic N) is 2. The molecule has 0 spiro atoms. The second-order valence-electron chi connectivity index (χ2n) is 2.68. The van der Waals surface area contributed by atoms with Crippen molar-refractivity contribution in [2.24, 2.45) is 0 Å². The van der Waals surface area contributed by atoms with E-state index in [4.69, 9.17) is 5.11 Å². The molecular formula is C9H7FN2OS2. The molecule has 3 nitrogen and oxygen atoms in total. The minimum Gasteiger partial charge on any atom is -0.392 e. The van der Waals surface area contributed by atoms with Crippen molar-refractivity contribution in [3.05, 3.63) is 35.1 Å². The Labute approximate surface area is 94.0 Å². The number of hydrogen-bond donors (Lipinski definition) is 1. The van der Waals surface area contributed by atoms with Crippen LogP contribution in [0.4, 0.5) is 4.39 Å². The zero-order valence-electron chi connectivity index (χ0n) is 7.55. The van der Waals surface area contributed by atoms with Gasteiger partial charge in [0.15, 0.2) is 4.34 Å². The lowest BCUT2D eigenvalue weighted by Crippen LogP contribution is -1.92. The molecule has 0 saturated carbocycles. The molecule has 0 radical (unpaired) electrons. The van der Waals surface area contributed by atoms with E-state index in [1.807, 2.05) is 0 Å². The summed E-state index contributed by atoms with van der Waals surface area (Å²) in [6.45, 7) is -0.312. The predicted octanol–water partition coefficient (Wildman–Crippen LogP) is 2.32. The Morgan fingerprint density at radius 2 is 2.33 bits per heavy atom. The highest BCUT2D eigenvalue weighted by Gasteiger charge is 2.09. The van der Waals surface area contributed by atoms with Crippen LogP contribution in [0.15, 0.2) is 32.9 Å². The number of benzene rings is 1. The van der Waals surface area contributed by atoms with Gasteiger partial charge in [-0.2, -0.15) is 0 Å². The van der Waals surface area contributed by atoms with Crippen LogP contribution in [-0.2, 0) is 6.61 Å². The van der Waals surface area contributed by atoms with E-state index < -0.39 is 5.82 Å². The Morgan fingerprint density at radius 1 is 1.47 bits per heavy atom. The van der Waals surface area contributed by atoms with Gasteiger partial charge in [-0.1, -0.05) is 29.2 Å². The highest BCUT2D eigenvalue weighted by atomic mass is 32.2. The molecule has 1 heterocycles. The molecule has 1 aromatic heterocycles.